The summed E-state index contributed by atoms with van der Waals surface area (Å²) in [5.74, 6) is 1.58. The Labute approximate surface area is 125 Å². The second-order valence-electron chi connectivity index (χ2n) is 7.13. The van der Waals surface area contributed by atoms with E-state index in [9.17, 15) is 4.79 Å². The smallest absolute Gasteiger partial charge is 0.236 e. The molecule has 0 saturated carbocycles. The second kappa shape index (κ2) is 8.66. The molecule has 1 aliphatic rings. The Morgan fingerprint density at radius 2 is 1.75 bits per heavy atom. The third kappa shape index (κ3) is 5.82. The molecule has 20 heavy (non-hydrogen) atoms. The summed E-state index contributed by atoms with van der Waals surface area (Å²) in [6.07, 6.45) is 4.75. The summed E-state index contributed by atoms with van der Waals surface area (Å²) in [5, 5.41) is 0. The van der Waals surface area contributed by atoms with Gasteiger partial charge in [0.25, 0.3) is 0 Å². The van der Waals surface area contributed by atoms with Crippen LogP contribution in [-0.2, 0) is 4.79 Å². The van der Waals surface area contributed by atoms with Gasteiger partial charge in [0.05, 0.1) is 6.54 Å². The summed E-state index contributed by atoms with van der Waals surface area (Å²) in [5.41, 5.74) is 0. The van der Waals surface area contributed by atoms with Crippen molar-refractivity contribution >= 4 is 5.91 Å². The SMILES string of the molecule is CCC1CCCCN1C(=O)CN(CC(C)C)CC(C)C. The van der Waals surface area contributed by atoms with Crippen LogP contribution in [0.5, 0.6) is 0 Å². The Hall–Kier alpha value is -0.570. The van der Waals surface area contributed by atoms with E-state index in [2.05, 4.69) is 44.4 Å². The van der Waals surface area contributed by atoms with E-state index in [0.717, 1.165) is 26.1 Å². The molecule has 1 heterocycles. The molecule has 0 spiro atoms. The average Bonchev–Trinajstić information content (AvgIpc) is 2.36. The summed E-state index contributed by atoms with van der Waals surface area (Å²) >= 11 is 0. The van der Waals surface area contributed by atoms with Crippen LogP contribution in [0.3, 0.4) is 0 Å². The lowest BCUT2D eigenvalue weighted by Crippen LogP contribution is -2.48. The highest BCUT2D eigenvalue weighted by molar-refractivity contribution is 5.78. The molecule has 0 aromatic heterocycles. The van der Waals surface area contributed by atoms with Gasteiger partial charge in [-0.15, -0.1) is 0 Å². The normalized spacial score (nSPS) is 20.2. The number of amides is 1. The topological polar surface area (TPSA) is 23.6 Å². The lowest BCUT2D eigenvalue weighted by molar-refractivity contribution is -0.136. The summed E-state index contributed by atoms with van der Waals surface area (Å²) in [4.78, 5) is 17.1. The molecule has 3 nitrogen and oxygen atoms in total. The summed E-state index contributed by atoms with van der Waals surface area (Å²) in [7, 11) is 0. The minimum atomic E-state index is 0.345. The van der Waals surface area contributed by atoms with Gasteiger partial charge >= 0.3 is 0 Å². The van der Waals surface area contributed by atoms with Gasteiger partial charge in [0.2, 0.25) is 5.91 Å². The van der Waals surface area contributed by atoms with Gasteiger partial charge in [-0.3, -0.25) is 9.69 Å². The molecule has 1 aliphatic heterocycles. The predicted octanol–water partition coefficient (Wildman–Crippen LogP) is 3.39. The van der Waals surface area contributed by atoms with Crippen LogP contribution < -0.4 is 0 Å². The maximum atomic E-state index is 12.6. The van der Waals surface area contributed by atoms with Gasteiger partial charge in [-0.25, -0.2) is 0 Å². The highest BCUT2D eigenvalue weighted by Crippen LogP contribution is 2.20. The first-order chi connectivity index (χ1) is 9.43. The maximum absolute atomic E-state index is 12.6. The van der Waals surface area contributed by atoms with Gasteiger partial charge in [0, 0.05) is 25.7 Å². The Kier molecular flexibility index (Phi) is 7.57. The van der Waals surface area contributed by atoms with E-state index in [1.165, 1.54) is 19.3 Å². The molecule has 1 amide bonds. The highest BCUT2D eigenvalue weighted by Gasteiger charge is 2.26. The molecule has 1 atom stereocenters. The Balaban J connectivity index is 2.58. The van der Waals surface area contributed by atoms with Crippen molar-refractivity contribution in [2.45, 2.75) is 66.3 Å². The fraction of sp³-hybridized carbons (Fsp3) is 0.941. The molecule has 1 fully saturated rings. The predicted molar refractivity (Wildman–Crippen MR) is 85.8 cm³/mol. The van der Waals surface area contributed by atoms with E-state index in [1.54, 1.807) is 0 Å². The first-order valence-corrected chi connectivity index (χ1v) is 8.45. The maximum Gasteiger partial charge on any atom is 0.236 e. The van der Waals surface area contributed by atoms with E-state index >= 15 is 0 Å². The van der Waals surface area contributed by atoms with Crippen LogP contribution in [0.2, 0.25) is 0 Å². The van der Waals surface area contributed by atoms with Crippen molar-refractivity contribution in [3.8, 4) is 0 Å². The molecule has 3 heteroatoms. The average molecular weight is 282 g/mol. The van der Waals surface area contributed by atoms with Crippen LogP contribution in [0.1, 0.15) is 60.3 Å². The zero-order chi connectivity index (χ0) is 15.1. The van der Waals surface area contributed by atoms with Gasteiger partial charge in [-0.2, -0.15) is 0 Å². The zero-order valence-electron chi connectivity index (χ0n) is 14.2. The van der Waals surface area contributed by atoms with E-state index in [4.69, 9.17) is 0 Å². The van der Waals surface area contributed by atoms with Gasteiger partial charge in [-0.05, 0) is 37.5 Å². The van der Waals surface area contributed by atoms with Crippen molar-refractivity contribution in [3.63, 3.8) is 0 Å². The van der Waals surface area contributed by atoms with Gasteiger partial charge in [0.15, 0.2) is 0 Å². The first kappa shape index (κ1) is 17.5. The van der Waals surface area contributed by atoms with Gasteiger partial charge in [-0.1, -0.05) is 34.6 Å². The lowest BCUT2D eigenvalue weighted by atomic mass is 10.00. The van der Waals surface area contributed by atoms with Gasteiger partial charge < -0.3 is 4.90 Å². The molecule has 1 saturated heterocycles. The molecule has 0 radical (unpaired) electrons. The Morgan fingerprint density at radius 1 is 1.15 bits per heavy atom. The Morgan fingerprint density at radius 3 is 2.25 bits per heavy atom. The van der Waals surface area contributed by atoms with Crippen molar-refractivity contribution in [1.82, 2.24) is 9.80 Å². The minimum absolute atomic E-state index is 0.345. The van der Waals surface area contributed by atoms with Crippen LogP contribution in [0, 0.1) is 11.8 Å². The number of piperidine rings is 1. The molecule has 1 rings (SSSR count). The van der Waals surface area contributed by atoms with Crippen LogP contribution in [0.25, 0.3) is 0 Å². The summed E-state index contributed by atoms with van der Waals surface area (Å²) in [6.45, 7) is 14.7. The number of nitrogens with zero attached hydrogens (tertiary/aromatic N) is 2. The molecule has 0 N–H and O–H groups in total. The molecule has 0 aliphatic carbocycles. The second-order valence-corrected chi connectivity index (χ2v) is 7.13. The van der Waals surface area contributed by atoms with Crippen molar-refractivity contribution in [1.29, 1.82) is 0 Å². The number of likely N-dealkylation sites (tertiary alicyclic amines) is 1. The van der Waals surface area contributed by atoms with E-state index in [1.807, 2.05) is 0 Å². The zero-order valence-corrected chi connectivity index (χ0v) is 14.2. The van der Waals surface area contributed by atoms with Crippen molar-refractivity contribution in [2.75, 3.05) is 26.2 Å². The molecule has 1 unspecified atom stereocenters. The molecule has 0 bridgehead atoms. The molecule has 118 valence electrons. The van der Waals surface area contributed by atoms with Crippen molar-refractivity contribution in [2.24, 2.45) is 11.8 Å². The molecular weight excluding hydrogens is 248 g/mol. The van der Waals surface area contributed by atoms with Crippen molar-refractivity contribution < 1.29 is 4.79 Å². The standard InChI is InChI=1S/C17H34N2O/c1-6-16-9-7-8-10-19(16)17(20)13-18(11-14(2)3)12-15(4)5/h14-16H,6-13H2,1-5H3. The highest BCUT2D eigenvalue weighted by atomic mass is 16.2. The molecular formula is C17H34N2O. The molecule has 0 aromatic rings. The van der Waals surface area contributed by atoms with E-state index in [0.29, 0.717) is 30.3 Å². The number of hydrogen-bond acceptors (Lipinski definition) is 2. The van der Waals surface area contributed by atoms with Gasteiger partial charge in [0.1, 0.15) is 0 Å². The fourth-order valence-electron chi connectivity index (χ4n) is 3.27. The summed E-state index contributed by atoms with van der Waals surface area (Å²) in [6, 6.07) is 0.483. The Bertz CT molecular complexity index is 279. The first-order valence-electron chi connectivity index (χ1n) is 8.45. The van der Waals surface area contributed by atoms with E-state index in [-0.39, 0.29) is 0 Å². The van der Waals surface area contributed by atoms with Crippen molar-refractivity contribution in [3.05, 3.63) is 0 Å². The lowest BCUT2D eigenvalue weighted by Gasteiger charge is -2.37. The quantitative estimate of drug-likeness (QED) is 0.714. The third-order valence-corrected chi connectivity index (χ3v) is 4.02. The third-order valence-electron chi connectivity index (χ3n) is 4.02. The van der Waals surface area contributed by atoms with Crippen LogP contribution in [-0.4, -0.2) is 47.9 Å². The van der Waals surface area contributed by atoms with Crippen LogP contribution in [0.15, 0.2) is 0 Å². The minimum Gasteiger partial charge on any atom is -0.339 e. The number of hydrogen-bond donors (Lipinski definition) is 0. The summed E-state index contributed by atoms with van der Waals surface area (Å²) < 4.78 is 0. The number of carbonyl (C=O) groups is 1. The number of carbonyl (C=O) groups excluding carboxylic acids is 1. The molecule has 0 aromatic carbocycles. The van der Waals surface area contributed by atoms with Crippen LogP contribution in [0.4, 0.5) is 0 Å². The van der Waals surface area contributed by atoms with E-state index < -0.39 is 0 Å². The number of rotatable bonds is 7. The fourth-order valence-corrected chi connectivity index (χ4v) is 3.27. The largest absolute Gasteiger partial charge is 0.339 e. The van der Waals surface area contributed by atoms with Crippen LogP contribution >= 0.6 is 0 Å². The monoisotopic (exact) mass is 282 g/mol.